The number of imide groups is 1. The minimum Gasteiger partial charge on any atom is -0.444 e. The third kappa shape index (κ3) is 9.52. The number of hydrazone groups is 1. The molecule has 4 amide bonds. The van der Waals surface area contributed by atoms with Gasteiger partial charge in [0.15, 0.2) is 17.4 Å². The van der Waals surface area contributed by atoms with Crippen molar-refractivity contribution in [2.75, 3.05) is 18.4 Å². The summed E-state index contributed by atoms with van der Waals surface area (Å²) in [6.07, 6.45) is 11.3. The monoisotopic (exact) mass is 858 g/mol. The highest BCUT2D eigenvalue weighted by Gasteiger charge is 2.75. The summed E-state index contributed by atoms with van der Waals surface area (Å²) in [5.41, 5.74) is 0.937. The first-order valence-corrected chi connectivity index (χ1v) is 21.0. The summed E-state index contributed by atoms with van der Waals surface area (Å²) in [5, 5.41) is 32.4. The van der Waals surface area contributed by atoms with Gasteiger partial charge in [0.2, 0.25) is 0 Å². The van der Waals surface area contributed by atoms with Crippen molar-refractivity contribution in [2.45, 2.75) is 109 Å². The van der Waals surface area contributed by atoms with Gasteiger partial charge in [0.1, 0.15) is 12.2 Å². The molecule has 4 N–H and O–H groups in total. The van der Waals surface area contributed by atoms with Crippen molar-refractivity contribution in [1.29, 1.82) is 0 Å². The predicted octanol–water partition coefficient (Wildman–Crippen LogP) is 4.51. The van der Waals surface area contributed by atoms with E-state index in [1.807, 2.05) is 6.92 Å². The molecule has 1 aromatic carbocycles. The van der Waals surface area contributed by atoms with Crippen LogP contribution in [0.4, 0.5) is 15.0 Å². The van der Waals surface area contributed by atoms with Gasteiger partial charge in [-0.1, -0.05) is 56.9 Å². The highest BCUT2D eigenvalue weighted by atomic mass is 19.1. The lowest BCUT2D eigenvalue weighted by Gasteiger charge is -2.36. The van der Waals surface area contributed by atoms with Crippen LogP contribution >= 0.6 is 0 Å². The number of rotatable bonds is 18. The number of hydrogen-bond acceptors (Lipinski definition) is 13. The molecule has 19 heteroatoms. The maximum Gasteiger partial charge on any atom is 0.413 e. The molecule has 0 radical (unpaired) electrons. The number of nitrogens with one attached hydrogen (secondary N) is 3. The van der Waals surface area contributed by atoms with Crippen LogP contribution in [0.1, 0.15) is 96.1 Å². The number of nitrogens with zero attached hydrogens (tertiary/aromatic N) is 5. The molecule has 7 rings (SSSR count). The Morgan fingerprint density at radius 2 is 1.79 bits per heavy atom. The summed E-state index contributed by atoms with van der Waals surface area (Å²) in [7, 11) is 0. The van der Waals surface area contributed by atoms with Crippen molar-refractivity contribution < 1.29 is 43.1 Å². The summed E-state index contributed by atoms with van der Waals surface area (Å²) >= 11 is 0. The predicted molar refractivity (Wildman–Crippen MR) is 221 cm³/mol. The molecule has 3 heterocycles. The molecule has 0 spiro atoms. The highest BCUT2D eigenvalue weighted by molar-refractivity contribution is 6.12. The molecule has 3 unspecified atom stereocenters. The summed E-state index contributed by atoms with van der Waals surface area (Å²) in [5.74, 6) is -1.84. The van der Waals surface area contributed by atoms with E-state index in [0.717, 1.165) is 61.4 Å². The van der Waals surface area contributed by atoms with Gasteiger partial charge < -0.3 is 19.9 Å². The number of benzene rings is 1. The lowest BCUT2D eigenvalue weighted by molar-refractivity contribution is -0.420. The molecule has 0 bridgehead atoms. The Kier molecular flexibility index (Phi) is 12.8. The number of anilines is 1. The Hall–Kier alpha value is -6.08. The van der Waals surface area contributed by atoms with Crippen molar-refractivity contribution in [2.24, 2.45) is 22.9 Å². The van der Waals surface area contributed by atoms with Crippen molar-refractivity contribution in [3.8, 4) is 0 Å². The number of nitro groups is 1. The number of halogens is 1. The molecular weight excluding hydrogens is 808 g/mol. The Labute approximate surface area is 356 Å². The first-order chi connectivity index (χ1) is 29.6. The molecule has 3 fully saturated rings. The van der Waals surface area contributed by atoms with Crippen LogP contribution in [0.25, 0.3) is 0 Å². The second-order valence-corrected chi connectivity index (χ2v) is 17.0. The number of carbonyl (C=O) groups is 4. The van der Waals surface area contributed by atoms with Crippen LogP contribution in [-0.2, 0) is 36.2 Å². The quantitative estimate of drug-likeness (QED) is 0.0533. The molecule has 18 nitrogen and oxygen atoms in total. The van der Waals surface area contributed by atoms with E-state index in [9.17, 15) is 43.6 Å². The molecule has 2 aromatic rings. The number of hydrogen-bond donors (Lipinski definition) is 4. The van der Waals surface area contributed by atoms with Gasteiger partial charge in [-0.05, 0) is 62.5 Å². The zero-order valence-corrected chi connectivity index (χ0v) is 34.9. The summed E-state index contributed by atoms with van der Waals surface area (Å²) < 4.78 is 26.7. The summed E-state index contributed by atoms with van der Waals surface area (Å²) in [6, 6.07) is 6.64. The fourth-order valence-electron chi connectivity index (χ4n) is 8.86. The van der Waals surface area contributed by atoms with Crippen LogP contribution in [0.15, 0.2) is 75.6 Å². The van der Waals surface area contributed by atoms with Crippen molar-refractivity contribution >= 4 is 35.3 Å². The number of allylic oxidation sites excluding steroid dienone is 2. The second kappa shape index (κ2) is 18.1. The largest absolute Gasteiger partial charge is 0.444 e. The highest BCUT2D eigenvalue weighted by Crippen LogP contribution is 2.62. The number of unbranched alkanes of at least 4 members (excludes halogenated alkanes) is 3. The minimum atomic E-state index is -1.38. The molecule has 1 aromatic heterocycles. The van der Waals surface area contributed by atoms with Gasteiger partial charge in [-0.25, -0.2) is 19.4 Å². The molecule has 3 aliphatic carbocycles. The van der Waals surface area contributed by atoms with Gasteiger partial charge in [0, 0.05) is 55.8 Å². The van der Waals surface area contributed by atoms with E-state index in [-0.39, 0.29) is 54.6 Å². The van der Waals surface area contributed by atoms with Crippen LogP contribution < -0.4 is 21.7 Å². The zero-order chi connectivity index (χ0) is 44.3. The normalized spacial score (nSPS) is 26.5. The van der Waals surface area contributed by atoms with Gasteiger partial charge >= 0.3 is 11.8 Å². The Balaban J connectivity index is 0.832. The van der Waals surface area contributed by atoms with E-state index >= 15 is 0 Å². The molecule has 62 heavy (non-hydrogen) atoms. The van der Waals surface area contributed by atoms with E-state index in [0.29, 0.717) is 48.2 Å². The number of fused-ring (bicyclic) bond motifs is 1. The van der Waals surface area contributed by atoms with E-state index in [2.05, 4.69) is 26.1 Å². The Morgan fingerprint density at radius 3 is 2.47 bits per heavy atom. The smallest absolute Gasteiger partial charge is 0.413 e. The number of ether oxygens (including phenoxy) is 2. The van der Waals surface area contributed by atoms with Crippen LogP contribution in [0.3, 0.4) is 0 Å². The maximum absolute atomic E-state index is 14.9. The SMILES string of the molecule is C/C(=N\NC(=O)C1=C([N+](=O)[O-])C=C(NCC2CC(CCCCCCN3C(=O)C=CC3=O)C2)C(C)C1)c1ccc(COC(=O)Nc2nc(=O)n([C@@]34CC3(O)CC(C)O4)cc2F)cc1. The zero-order valence-electron chi connectivity index (χ0n) is 34.9. The lowest BCUT2D eigenvalue weighted by Crippen LogP contribution is -2.38. The number of aliphatic hydroxyl groups is 1. The molecule has 330 valence electrons. The van der Waals surface area contributed by atoms with Crippen LogP contribution in [0.2, 0.25) is 0 Å². The van der Waals surface area contributed by atoms with E-state index in [1.54, 1.807) is 38.1 Å². The van der Waals surface area contributed by atoms with Crippen molar-refractivity contribution in [3.05, 3.63) is 103 Å². The molecule has 1 saturated heterocycles. The summed E-state index contributed by atoms with van der Waals surface area (Å²) in [6.45, 7) is 6.25. The number of amides is 4. The number of aromatic nitrogens is 2. The maximum atomic E-state index is 14.9. The van der Waals surface area contributed by atoms with Crippen LogP contribution in [0.5, 0.6) is 0 Å². The second-order valence-electron chi connectivity index (χ2n) is 17.0. The fourth-order valence-corrected chi connectivity index (χ4v) is 8.86. The van der Waals surface area contributed by atoms with E-state index in [4.69, 9.17) is 9.47 Å². The Bertz CT molecular complexity index is 2300. The van der Waals surface area contributed by atoms with Gasteiger partial charge in [0.25, 0.3) is 23.4 Å². The minimum absolute atomic E-state index is 0.0259. The lowest BCUT2D eigenvalue weighted by atomic mass is 9.72. The molecular formula is C43H51FN8O10. The van der Waals surface area contributed by atoms with Gasteiger partial charge in [0.05, 0.1) is 28.5 Å². The molecule has 4 atom stereocenters. The van der Waals surface area contributed by atoms with Crippen molar-refractivity contribution in [1.82, 2.24) is 25.2 Å². The summed E-state index contributed by atoms with van der Waals surface area (Å²) in [4.78, 5) is 78.1. The molecule has 2 saturated carbocycles. The third-order valence-corrected chi connectivity index (χ3v) is 12.4. The molecule has 2 aliphatic heterocycles. The van der Waals surface area contributed by atoms with Crippen molar-refractivity contribution in [3.63, 3.8) is 0 Å². The van der Waals surface area contributed by atoms with Gasteiger partial charge in [-0.3, -0.25) is 39.3 Å². The Morgan fingerprint density at radius 1 is 1.08 bits per heavy atom. The van der Waals surface area contributed by atoms with E-state index in [1.165, 1.54) is 23.1 Å². The van der Waals surface area contributed by atoms with Gasteiger partial charge in [-0.2, -0.15) is 10.1 Å². The average molecular weight is 859 g/mol. The van der Waals surface area contributed by atoms with Gasteiger partial charge in [-0.15, -0.1) is 0 Å². The molecule has 5 aliphatic rings. The first kappa shape index (κ1) is 44.0. The topological polar surface area (TPSA) is 237 Å². The standard InChI is InChI=1S/C43H51FN8O10/c1-25-16-32(35(52(59)60)19-34(25)45-21-30-17-29(18-30)8-6-4-5-7-15-50-36(53)13-14-37(50)54)39(55)49-48-27(3)31-11-9-28(10-12-31)23-61-41(57)47-38-33(44)22-51(40(56)46-38)43-24-42(43,58)20-26(2)62-43/h9-14,19,22,25-26,29-30,45,58H,4-8,15-18,20-21,23-24H2,1-3H3,(H,49,55)(H,46,47,56,57)/b48-27+/t25?,26?,29?,30?,42?,43-/m1/s1. The third-order valence-electron chi connectivity index (χ3n) is 12.4. The first-order valence-electron chi connectivity index (χ1n) is 21.0. The average Bonchev–Trinajstić information content (AvgIpc) is 3.50. The van der Waals surface area contributed by atoms with Crippen LogP contribution in [0, 0.1) is 33.7 Å². The van der Waals surface area contributed by atoms with E-state index < -0.39 is 45.6 Å². The fraction of sp³-hybridized carbons (Fsp3) is 0.512. The number of carbonyl (C=O) groups excluding carboxylic acids is 4. The van der Waals surface area contributed by atoms with Crippen LogP contribution in [-0.4, -0.2) is 78.8 Å².